The summed E-state index contributed by atoms with van der Waals surface area (Å²) in [5.41, 5.74) is 1.03. The quantitative estimate of drug-likeness (QED) is 0.685. The third-order valence-electron chi connectivity index (χ3n) is 4.78. The van der Waals surface area contributed by atoms with Crippen molar-refractivity contribution in [3.63, 3.8) is 0 Å². The fraction of sp³-hybridized carbons (Fsp3) is 0.632. The average Bonchev–Trinajstić information content (AvgIpc) is 2.64. The second kappa shape index (κ2) is 10.1. The van der Waals surface area contributed by atoms with Crippen LogP contribution in [0.5, 0.6) is 0 Å². The number of carbonyl (C=O) groups is 2. The van der Waals surface area contributed by atoms with E-state index in [-0.39, 0.29) is 18.3 Å². The number of nitrogens with zero attached hydrogens (tertiary/aromatic N) is 2. The van der Waals surface area contributed by atoms with Gasteiger partial charge in [-0.15, -0.1) is 0 Å². The Morgan fingerprint density at radius 3 is 2.54 bits per heavy atom. The van der Waals surface area contributed by atoms with Crippen molar-refractivity contribution in [2.24, 2.45) is 5.92 Å². The van der Waals surface area contributed by atoms with Gasteiger partial charge in [-0.2, -0.15) is 0 Å². The van der Waals surface area contributed by atoms with Crippen LogP contribution in [0.2, 0.25) is 0 Å². The molecular weight excluding hydrogens is 304 g/mol. The molecule has 1 aromatic heterocycles. The highest BCUT2D eigenvalue weighted by Crippen LogP contribution is 2.27. The summed E-state index contributed by atoms with van der Waals surface area (Å²) in [7, 11) is 1.38. The van der Waals surface area contributed by atoms with Gasteiger partial charge in [-0.25, -0.2) is 0 Å². The van der Waals surface area contributed by atoms with Crippen LogP contribution < -0.4 is 0 Å². The van der Waals surface area contributed by atoms with Gasteiger partial charge in [0, 0.05) is 31.9 Å². The first kappa shape index (κ1) is 18.4. The number of hydrogen-bond acceptors (Lipinski definition) is 4. The molecule has 0 bridgehead atoms. The summed E-state index contributed by atoms with van der Waals surface area (Å²) in [4.78, 5) is 29.9. The van der Waals surface area contributed by atoms with Gasteiger partial charge in [-0.05, 0) is 30.0 Å². The normalized spacial score (nSPS) is 15.0. The Labute approximate surface area is 144 Å². The second-order valence-electron chi connectivity index (χ2n) is 6.54. The van der Waals surface area contributed by atoms with Crippen LogP contribution in [-0.2, 0) is 20.9 Å². The van der Waals surface area contributed by atoms with Crippen molar-refractivity contribution in [2.75, 3.05) is 13.7 Å². The predicted octanol–water partition coefficient (Wildman–Crippen LogP) is 3.33. The highest BCUT2D eigenvalue weighted by atomic mass is 16.5. The molecule has 5 nitrogen and oxygen atoms in total. The van der Waals surface area contributed by atoms with E-state index in [2.05, 4.69) is 4.98 Å². The van der Waals surface area contributed by atoms with Gasteiger partial charge in [0.15, 0.2) is 0 Å². The van der Waals surface area contributed by atoms with Crippen LogP contribution in [0.25, 0.3) is 0 Å². The summed E-state index contributed by atoms with van der Waals surface area (Å²) < 4.78 is 4.70. The number of carbonyl (C=O) groups excluding carboxylic acids is 2. The predicted molar refractivity (Wildman–Crippen MR) is 92.1 cm³/mol. The molecule has 0 saturated heterocycles. The van der Waals surface area contributed by atoms with E-state index < -0.39 is 0 Å². The fourth-order valence-electron chi connectivity index (χ4n) is 3.29. The van der Waals surface area contributed by atoms with Gasteiger partial charge in [0.2, 0.25) is 5.91 Å². The van der Waals surface area contributed by atoms with Crippen LogP contribution >= 0.6 is 0 Å². The fourth-order valence-corrected chi connectivity index (χ4v) is 3.29. The van der Waals surface area contributed by atoms with Crippen LogP contribution in [0.4, 0.5) is 0 Å². The standard InChI is InChI=1S/C19H28N2O3/c1-24-19(23)11-14-21(15-17-9-12-20-13-10-17)18(22)8-7-16-5-3-2-4-6-16/h9-10,12-13,16H,2-8,11,14-15H2,1H3. The van der Waals surface area contributed by atoms with Gasteiger partial charge in [-0.3, -0.25) is 14.6 Å². The van der Waals surface area contributed by atoms with Crippen molar-refractivity contribution in [1.29, 1.82) is 0 Å². The van der Waals surface area contributed by atoms with Gasteiger partial charge >= 0.3 is 5.97 Å². The van der Waals surface area contributed by atoms with Crippen LogP contribution in [0.1, 0.15) is 56.9 Å². The average molecular weight is 332 g/mol. The Kier molecular flexibility index (Phi) is 7.72. The lowest BCUT2D eigenvalue weighted by Gasteiger charge is -2.25. The molecule has 0 spiro atoms. The number of methoxy groups -OCH3 is 1. The maximum absolute atomic E-state index is 12.6. The van der Waals surface area contributed by atoms with Crippen LogP contribution in [0, 0.1) is 5.92 Å². The number of esters is 1. The molecule has 1 aliphatic carbocycles. The first-order valence-corrected chi connectivity index (χ1v) is 8.92. The van der Waals surface area contributed by atoms with Crippen molar-refractivity contribution < 1.29 is 14.3 Å². The van der Waals surface area contributed by atoms with E-state index in [1.165, 1.54) is 39.2 Å². The summed E-state index contributed by atoms with van der Waals surface area (Å²) in [5, 5.41) is 0. The van der Waals surface area contributed by atoms with Crippen molar-refractivity contribution in [3.8, 4) is 0 Å². The van der Waals surface area contributed by atoms with Crippen molar-refractivity contribution in [3.05, 3.63) is 30.1 Å². The Morgan fingerprint density at radius 1 is 1.17 bits per heavy atom. The second-order valence-corrected chi connectivity index (χ2v) is 6.54. The van der Waals surface area contributed by atoms with Crippen molar-refractivity contribution in [2.45, 2.75) is 57.9 Å². The monoisotopic (exact) mass is 332 g/mol. The van der Waals surface area contributed by atoms with E-state index in [0.717, 1.165) is 12.0 Å². The van der Waals surface area contributed by atoms with Gasteiger partial charge < -0.3 is 9.64 Å². The van der Waals surface area contributed by atoms with E-state index >= 15 is 0 Å². The molecule has 24 heavy (non-hydrogen) atoms. The molecule has 2 rings (SSSR count). The zero-order chi connectivity index (χ0) is 17.2. The molecule has 1 aliphatic rings. The molecule has 1 fully saturated rings. The molecule has 0 aliphatic heterocycles. The lowest BCUT2D eigenvalue weighted by atomic mass is 9.86. The van der Waals surface area contributed by atoms with Gasteiger partial charge in [0.05, 0.1) is 13.5 Å². The maximum Gasteiger partial charge on any atom is 0.307 e. The van der Waals surface area contributed by atoms with Crippen molar-refractivity contribution in [1.82, 2.24) is 9.88 Å². The number of hydrogen-bond donors (Lipinski definition) is 0. The third kappa shape index (κ3) is 6.30. The third-order valence-corrected chi connectivity index (χ3v) is 4.78. The van der Waals surface area contributed by atoms with Gasteiger partial charge in [0.25, 0.3) is 0 Å². The Bertz CT molecular complexity index is 513. The molecule has 1 aromatic rings. The molecule has 0 N–H and O–H groups in total. The molecule has 132 valence electrons. The Morgan fingerprint density at radius 2 is 1.88 bits per heavy atom. The zero-order valence-electron chi connectivity index (χ0n) is 14.6. The summed E-state index contributed by atoms with van der Waals surface area (Å²) in [6.07, 6.45) is 11.6. The molecule has 0 aromatic carbocycles. The highest BCUT2D eigenvalue weighted by molar-refractivity contribution is 5.77. The largest absolute Gasteiger partial charge is 0.469 e. The minimum absolute atomic E-state index is 0.126. The molecule has 5 heteroatoms. The van der Waals surface area contributed by atoms with Crippen LogP contribution in [-0.4, -0.2) is 35.4 Å². The highest BCUT2D eigenvalue weighted by Gasteiger charge is 2.19. The minimum Gasteiger partial charge on any atom is -0.469 e. The molecule has 1 amide bonds. The Balaban J connectivity index is 1.89. The molecule has 0 unspecified atom stereocenters. The van der Waals surface area contributed by atoms with Crippen molar-refractivity contribution >= 4 is 11.9 Å². The first-order valence-electron chi connectivity index (χ1n) is 8.92. The molecule has 0 radical (unpaired) electrons. The van der Waals surface area contributed by atoms with Crippen LogP contribution in [0.15, 0.2) is 24.5 Å². The lowest BCUT2D eigenvalue weighted by Crippen LogP contribution is -2.33. The molecule has 1 heterocycles. The van der Waals surface area contributed by atoms with E-state index in [9.17, 15) is 9.59 Å². The van der Waals surface area contributed by atoms with Gasteiger partial charge in [-0.1, -0.05) is 32.1 Å². The molecule has 1 saturated carbocycles. The van der Waals surface area contributed by atoms with E-state index in [1.54, 1.807) is 17.3 Å². The van der Waals surface area contributed by atoms with Crippen LogP contribution in [0.3, 0.4) is 0 Å². The Hall–Kier alpha value is -1.91. The number of rotatable bonds is 8. The van der Waals surface area contributed by atoms with E-state index in [4.69, 9.17) is 4.74 Å². The SMILES string of the molecule is COC(=O)CCN(Cc1ccncc1)C(=O)CCC1CCCCC1. The summed E-state index contributed by atoms with van der Waals surface area (Å²) in [6.45, 7) is 0.918. The first-order chi connectivity index (χ1) is 11.7. The number of pyridine rings is 1. The number of amides is 1. The maximum atomic E-state index is 12.6. The smallest absolute Gasteiger partial charge is 0.307 e. The van der Waals surface area contributed by atoms with E-state index in [0.29, 0.717) is 25.4 Å². The summed E-state index contributed by atoms with van der Waals surface area (Å²) in [5.74, 6) is 0.530. The minimum atomic E-state index is -0.283. The summed E-state index contributed by atoms with van der Waals surface area (Å²) >= 11 is 0. The number of aromatic nitrogens is 1. The van der Waals surface area contributed by atoms with Gasteiger partial charge in [0.1, 0.15) is 0 Å². The van der Waals surface area contributed by atoms with E-state index in [1.807, 2.05) is 12.1 Å². The zero-order valence-corrected chi connectivity index (χ0v) is 14.6. The molecular formula is C19H28N2O3. The topological polar surface area (TPSA) is 59.5 Å². The molecule has 0 atom stereocenters. The number of ether oxygens (including phenoxy) is 1. The summed E-state index contributed by atoms with van der Waals surface area (Å²) in [6, 6.07) is 3.80. The lowest BCUT2D eigenvalue weighted by molar-refractivity contribution is -0.142.